The molecule has 6 rings (SSSR count). The van der Waals surface area contributed by atoms with Gasteiger partial charge < -0.3 is 18.9 Å². The van der Waals surface area contributed by atoms with Crippen LogP contribution in [0.3, 0.4) is 0 Å². The number of thioether (sulfide) groups is 1. The van der Waals surface area contributed by atoms with Crippen LogP contribution in [0.2, 0.25) is 0 Å². The molecule has 18 heteroatoms. The molecule has 1 saturated heterocycles. The third-order valence-corrected chi connectivity index (χ3v) is 11.4. The summed E-state index contributed by atoms with van der Waals surface area (Å²) in [5, 5.41) is 9.20. The summed E-state index contributed by atoms with van der Waals surface area (Å²) in [5.74, 6) is -3.16. The summed E-state index contributed by atoms with van der Waals surface area (Å²) in [6.07, 6.45) is -0.143. The molecule has 3 aromatic rings. The predicted octanol–water partition coefficient (Wildman–Crippen LogP) is 3.58. The first kappa shape index (κ1) is 34.8. The van der Waals surface area contributed by atoms with Gasteiger partial charge in [-0.3, -0.25) is 0 Å². The maximum absolute atomic E-state index is 14.2. The molecular formula is C30H39F2N7O7S2. The number of aromatic nitrogens is 5. The molecule has 0 amide bonds. The Bertz CT molecular complexity index is 1790. The van der Waals surface area contributed by atoms with Crippen LogP contribution >= 0.6 is 11.8 Å². The van der Waals surface area contributed by atoms with E-state index in [4.69, 9.17) is 28.9 Å². The third-order valence-electron chi connectivity index (χ3n) is 8.49. The highest BCUT2D eigenvalue weighted by Gasteiger charge is 2.56. The van der Waals surface area contributed by atoms with E-state index >= 15 is 0 Å². The Kier molecular flexibility index (Phi) is 9.69. The van der Waals surface area contributed by atoms with Crippen LogP contribution in [0.5, 0.6) is 0 Å². The third kappa shape index (κ3) is 6.61. The normalized spacial score (nSPS) is 26.3. The van der Waals surface area contributed by atoms with Gasteiger partial charge in [-0.1, -0.05) is 30.0 Å². The fourth-order valence-electron chi connectivity index (χ4n) is 6.28. The molecule has 0 radical (unpaired) electrons. The van der Waals surface area contributed by atoms with Crippen LogP contribution in [0.1, 0.15) is 64.5 Å². The van der Waals surface area contributed by atoms with Gasteiger partial charge in [0.25, 0.3) is 0 Å². The number of ether oxygens (including phenoxy) is 4. The molecule has 3 aliphatic rings. The first-order chi connectivity index (χ1) is 22.8. The topological polar surface area (TPSA) is 151 Å². The minimum atomic E-state index is -4.17. The van der Waals surface area contributed by atoms with Gasteiger partial charge in [0, 0.05) is 32.2 Å². The maximum atomic E-state index is 14.2. The van der Waals surface area contributed by atoms with Crippen molar-refractivity contribution >= 4 is 44.9 Å². The predicted molar refractivity (Wildman–Crippen MR) is 171 cm³/mol. The number of anilines is 1. The minimum Gasteiger partial charge on any atom is -0.464 e. The molecule has 0 unspecified atom stereocenters. The Hall–Kier alpha value is -3.03. The standard InChI is InChI=1S/C30H39F2N7O7S2/c1-7-11-47-29-33-27-24(28(34-29)39(48(41,42)37(5)6)20-13-17(20)16-9-10-18(31)19(32)12-16)35-36-38(27)21-14-22(44-15-23(40)43-8-2)26-25(21)45-30(3,4)46-26/h9-10,12,17,20-22,25-26H,7-8,11,13-15H2,1-6H3/t17-,20+,21+,22-,25-,26+/m0/s1. The van der Waals surface area contributed by atoms with Crippen molar-refractivity contribution in [3.8, 4) is 0 Å². The largest absolute Gasteiger partial charge is 0.464 e. The fraction of sp³-hybridized carbons (Fsp3) is 0.633. The zero-order valence-corrected chi connectivity index (χ0v) is 29.1. The van der Waals surface area contributed by atoms with E-state index in [0.29, 0.717) is 29.3 Å². The number of esters is 1. The zero-order valence-electron chi connectivity index (χ0n) is 27.5. The van der Waals surface area contributed by atoms with Crippen molar-refractivity contribution in [2.24, 2.45) is 0 Å². The summed E-state index contributed by atoms with van der Waals surface area (Å²) in [5.41, 5.74) is 0.896. The number of hydrogen-bond acceptors (Lipinski definition) is 12. The zero-order chi connectivity index (χ0) is 34.5. The SMILES string of the molecule is CCCSc1nc(N([C@@H]2C[C@H]2c2ccc(F)c(F)c2)S(=O)(=O)N(C)C)c2nnn([C@@H]3C[C@H](OCC(=O)OCC)[C@H]4OC(C)(C)O[C@H]43)c2n1. The van der Waals surface area contributed by atoms with Crippen molar-refractivity contribution in [1.82, 2.24) is 29.3 Å². The Morgan fingerprint density at radius 1 is 1.12 bits per heavy atom. The second kappa shape index (κ2) is 13.4. The van der Waals surface area contributed by atoms with Gasteiger partial charge in [0.2, 0.25) is 0 Å². The molecule has 2 aromatic heterocycles. The minimum absolute atomic E-state index is 0.0298. The van der Waals surface area contributed by atoms with Gasteiger partial charge >= 0.3 is 16.2 Å². The number of nitrogens with zero attached hydrogens (tertiary/aromatic N) is 7. The molecule has 1 aliphatic heterocycles. The second-order valence-corrected chi connectivity index (χ2v) is 15.7. The van der Waals surface area contributed by atoms with Crippen LogP contribution in [0, 0.1) is 11.6 Å². The number of benzene rings is 1. The molecule has 14 nitrogen and oxygen atoms in total. The molecule has 0 spiro atoms. The highest BCUT2D eigenvalue weighted by molar-refractivity contribution is 7.99. The average Bonchev–Trinajstić information content (AvgIpc) is 3.40. The Balaban J connectivity index is 1.42. The Morgan fingerprint density at radius 3 is 2.56 bits per heavy atom. The molecule has 48 heavy (non-hydrogen) atoms. The number of hydrogen-bond donors (Lipinski definition) is 0. The van der Waals surface area contributed by atoms with Gasteiger partial charge in [-0.25, -0.2) is 32.5 Å². The van der Waals surface area contributed by atoms with Gasteiger partial charge in [0.15, 0.2) is 39.6 Å². The van der Waals surface area contributed by atoms with Crippen molar-refractivity contribution in [2.75, 3.05) is 37.4 Å². The van der Waals surface area contributed by atoms with Crippen molar-refractivity contribution < 1.29 is 40.9 Å². The van der Waals surface area contributed by atoms with Crippen molar-refractivity contribution in [3.05, 3.63) is 35.4 Å². The molecular weight excluding hydrogens is 673 g/mol. The first-order valence-corrected chi connectivity index (χ1v) is 18.2. The van der Waals surface area contributed by atoms with Gasteiger partial charge in [0.05, 0.1) is 24.8 Å². The van der Waals surface area contributed by atoms with E-state index in [-0.39, 0.29) is 30.2 Å². The van der Waals surface area contributed by atoms with E-state index in [9.17, 15) is 22.0 Å². The quantitative estimate of drug-likeness (QED) is 0.145. The van der Waals surface area contributed by atoms with Crippen LogP contribution in [-0.4, -0.2) is 107 Å². The van der Waals surface area contributed by atoms with Crippen LogP contribution in [0.4, 0.5) is 14.6 Å². The molecule has 2 aliphatic carbocycles. The summed E-state index contributed by atoms with van der Waals surface area (Å²) < 4.78 is 83.2. The molecule has 0 bridgehead atoms. The number of carbonyl (C=O) groups excluding carboxylic acids is 1. The fourth-order valence-corrected chi connectivity index (χ4v) is 8.24. The summed E-state index contributed by atoms with van der Waals surface area (Å²) in [6, 6.07) is 2.43. The Labute approximate surface area is 281 Å². The molecule has 3 heterocycles. The van der Waals surface area contributed by atoms with Crippen LogP contribution < -0.4 is 4.31 Å². The van der Waals surface area contributed by atoms with Crippen LogP contribution in [-0.2, 0) is 34.0 Å². The lowest BCUT2D eigenvalue weighted by Crippen LogP contribution is -2.43. The summed E-state index contributed by atoms with van der Waals surface area (Å²) >= 11 is 1.36. The molecule has 3 fully saturated rings. The lowest BCUT2D eigenvalue weighted by atomic mass is 10.1. The summed E-state index contributed by atoms with van der Waals surface area (Å²) in [4.78, 5) is 21.6. The number of rotatable bonds is 13. The van der Waals surface area contributed by atoms with E-state index < -0.39 is 69.9 Å². The van der Waals surface area contributed by atoms with Crippen molar-refractivity contribution in [2.45, 2.75) is 94.2 Å². The monoisotopic (exact) mass is 711 g/mol. The molecule has 0 N–H and O–H groups in total. The molecule has 6 atom stereocenters. The highest BCUT2D eigenvalue weighted by Crippen LogP contribution is 2.50. The lowest BCUT2D eigenvalue weighted by molar-refractivity contribution is -0.174. The highest BCUT2D eigenvalue weighted by atomic mass is 32.2. The van der Waals surface area contributed by atoms with E-state index in [1.54, 1.807) is 25.5 Å². The number of fused-ring (bicyclic) bond motifs is 2. The first-order valence-electron chi connectivity index (χ1n) is 15.8. The summed E-state index contributed by atoms with van der Waals surface area (Å²) in [7, 11) is -1.35. The van der Waals surface area contributed by atoms with Crippen LogP contribution in [0.15, 0.2) is 23.4 Å². The van der Waals surface area contributed by atoms with Gasteiger partial charge in [-0.15, -0.1) is 5.10 Å². The average molecular weight is 712 g/mol. The van der Waals surface area contributed by atoms with Crippen molar-refractivity contribution in [3.63, 3.8) is 0 Å². The molecule has 262 valence electrons. The van der Waals surface area contributed by atoms with E-state index in [1.807, 2.05) is 6.92 Å². The van der Waals surface area contributed by atoms with E-state index in [1.165, 1.54) is 36.2 Å². The summed E-state index contributed by atoms with van der Waals surface area (Å²) in [6.45, 7) is 7.25. The number of carbonyl (C=O) groups is 1. The number of halogens is 2. The van der Waals surface area contributed by atoms with E-state index in [0.717, 1.165) is 22.9 Å². The maximum Gasteiger partial charge on any atom is 0.332 e. The Morgan fingerprint density at radius 2 is 1.88 bits per heavy atom. The van der Waals surface area contributed by atoms with Gasteiger partial charge in [-0.2, -0.15) is 12.7 Å². The van der Waals surface area contributed by atoms with E-state index in [2.05, 4.69) is 10.3 Å². The molecule has 2 saturated carbocycles. The smallest absolute Gasteiger partial charge is 0.332 e. The van der Waals surface area contributed by atoms with Gasteiger partial charge in [-0.05, 0) is 51.3 Å². The van der Waals surface area contributed by atoms with Crippen LogP contribution in [0.25, 0.3) is 11.2 Å². The molecule has 1 aromatic carbocycles. The lowest BCUT2D eigenvalue weighted by Gasteiger charge is -2.27. The van der Waals surface area contributed by atoms with Gasteiger partial charge in [0.1, 0.15) is 18.8 Å². The van der Waals surface area contributed by atoms with Crippen molar-refractivity contribution in [1.29, 1.82) is 0 Å². The second-order valence-electron chi connectivity index (χ2n) is 12.6.